The minimum Gasteiger partial charge on any atom is -0.330 e. The number of pyridine rings is 1. The van der Waals surface area contributed by atoms with Crippen LogP contribution in [-0.4, -0.2) is 11.5 Å². The Balaban J connectivity index is 3.17. The smallest absolute Gasteiger partial charge is 0.330 e. The second kappa shape index (κ2) is 5.65. The van der Waals surface area contributed by atoms with Crippen molar-refractivity contribution in [2.75, 3.05) is 6.54 Å². The van der Waals surface area contributed by atoms with Crippen molar-refractivity contribution in [3.8, 4) is 0 Å². The average molecular weight is 264 g/mol. The number of nitrogens with zero attached hydrogens (tertiary/aromatic N) is 1. The maximum absolute atomic E-state index is 14.2. The highest BCUT2D eigenvalue weighted by Gasteiger charge is 2.37. The maximum atomic E-state index is 14.2. The van der Waals surface area contributed by atoms with Crippen LogP contribution in [0.3, 0.4) is 0 Å². The number of hydrogen-bond donors (Lipinski definition) is 1. The summed E-state index contributed by atoms with van der Waals surface area (Å²) in [6.45, 7) is 3.45. The van der Waals surface area contributed by atoms with E-state index in [0.29, 0.717) is 0 Å². The third kappa shape index (κ3) is 3.19. The van der Waals surface area contributed by atoms with Crippen LogP contribution in [0.2, 0.25) is 0 Å². The Morgan fingerprint density at radius 3 is 2.39 bits per heavy atom. The molecule has 1 aromatic rings. The Morgan fingerprint density at radius 2 is 1.94 bits per heavy atom. The number of alkyl halides is 4. The summed E-state index contributed by atoms with van der Waals surface area (Å²) in [5, 5.41) is 0. The summed E-state index contributed by atoms with van der Waals surface area (Å²) in [6.07, 6.45) is -4.41. The molecule has 102 valence electrons. The summed E-state index contributed by atoms with van der Waals surface area (Å²) in [5.74, 6) is -0.804. The van der Waals surface area contributed by atoms with Gasteiger partial charge >= 0.3 is 6.18 Å². The van der Waals surface area contributed by atoms with Crippen LogP contribution >= 0.6 is 0 Å². The monoisotopic (exact) mass is 264 g/mol. The van der Waals surface area contributed by atoms with Gasteiger partial charge in [-0.2, -0.15) is 13.2 Å². The molecular weight excluding hydrogens is 248 g/mol. The van der Waals surface area contributed by atoms with E-state index >= 15 is 0 Å². The zero-order valence-corrected chi connectivity index (χ0v) is 10.2. The Hall–Kier alpha value is -1.17. The molecular formula is C12H16F4N2. The summed E-state index contributed by atoms with van der Waals surface area (Å²) >= 11 is 0. The number of rotatable bonds is 4. The summed E-state index contributed by atoms with van der Waals surface area (Å²) in [6, 6.07) is 0.788. The molecule has 0 saturated heterocycles. The lowest BCUT2D eigenvalue weighted by Crippen LogP contribution is -2.26. The molecule has 0 amide bonds. The van der Waals surface area contributed by atoms with E-state index in [9.17, 15) is 17.6 Å². The van der Waals surface area contributed by atoms with Gasteiger partial charge in [0.15, 0.2) is 0 Å². The highest BCUT2D eigenvalue weighted by molar-refractivity contribution is 5.29. The first-order valence-electron chi connectivity index (χ1n) is 5.64. The number of hydrogen-bond acceptors (Lipinski definition) is 2. The lowest BCUT2D eigenvalue weighted by Gasteiger charge is -2.25. The molecule has 2 unspecified atom stereocenters. The fraction of sp³-hybridized carbons (Fsp3) is 0.583. The van der Waals surface area contributed by atoms with Crippen LogP contribution in [-0.2, 0) is 6.18 Å². The topological polar surface area (TPSA) is 38.9 Å². The van der Waals surface area contributed by atoms with E-state index in [-0.39, 0.29) is 12.5 Å². The van der Waals surface area contributed by atoms with E-state index in [1.807, 2.05) is 0 Å². The van der Waals surface area contributed by atoms with Crippen LogP contribution < -0.4 is 5.73 Å². The summed E-state index contributed by atoms with van der Waals surface area (Å²) in [5.41, 5.74) is 4.01. The van der Waals surface area contributed by atoms with Crippen molar-refractivity contribution >= 4 is 0 Å². The van der Waals surface area contributed by atoms with Crippen LogP contribution in [0.1, 0.15) is 31.1 Å². The van der Waals surface area contributed by atoms with Gasteiger partial charge in [0, 0.05) is 23.9 Å². The van der Waals surface area contributed by atoms with Gasteiger partial charge < -0.3 is 5.73 Å². The van der Waals surface area contributed by atoms with Crippen molar-refractivity contribution in [3.05, 3.63) is 29.6 Å². The summed E-state index contributed by atoms with van der Waals surface area (Å²) in [4.78, 5) is 3.58. The molecule has 1 heterocycles. The van der Waals surface area contributed by atoms with Crippen LogP contribution in [0.4, 0.5) is 17.6 Å². The Bertz CT molecular complexity index is 390. The van der Waals surface area contributed by atoms with Gasteiger partial charge in [0.1, 0.15) is 6.17 Å². The highest BCUT2D eigenvalue weighted by Crippen LogP contribution is 2.39. The van der Waals surface area contributed by atoms with Crippen LogP contribution in [0, 0.1) is 11.8 Å². The lowest BCUT2D eigenvalue weighted by molar-refractivity contribution is -0.139. The minimum absolute atomic E-state index is 0.00890. The number of halogens is 4. The molecule has 2 N–H and O–H groups in total. The molecule has 1 rings (SSSR count). The van der Waals surface area contributed by atoms with Crippen molar-refractivity contribution < 1.29 is 17.6 Å². The van der Waals surface area contributed by atoms with Gasteiger partial charge in [-0.25, -0.2) is 4.39 Å². The molecule has 2 nitrogen and oxygen atoms in total. The molecule has 0 saturated carbocycles. The second-order valence-corrected chi connectivity index (χ2v) is 4.51. The SMILES string of the molecule is CC(C)C(CN)C(F)c1cnccc1C(F)(F)F. The average Bonchev–Trinajstić information content (AvgIpc) is 2.28. The first-order valence-corrected chi connectivity index (χ1v) is 5.64. The largest absolute Gasteiger partial charge is 0.416 e. The quantitative estimate of drug-likeness (QED) is 0.847. The Labute approximate surface area is 103 Å². The molecule has 1 aromatic heterocycles. The highest BCUT2D eigenvalue weighted by atomic mass is 19.4. The summed E-state index contributed by atoms with van der Waals surface area (Å²) < 4.78 is 52.5. The molecule has 0 spiro atoms. The minimum atomic E-state index is -4.58. The molecule has 0 radical (unpaired) electrons. The van der Waals surface area contributed by atoms with Gasteiger partial charge in [0.2, 0.25) is 0 Å². The number of nitrogens with two attached hydrogens (primary N) is 1. The predicted octanol–water partition coefficient (Wildman–Crippen LogP) is 3.34. The van der Waals surface area contributed by atoms with Gasteiger partial charge in [0.05, 0.1) is 5.56 Å². The predicted molar refractivity (Wildman–Crippen MR) is 60.5 cm³/mol. The fourth-order valence-corrected chi connectivity index (χ4v) is 1.84. The van der Waals surface area contributed by atoms with Crippen molar-refractivity contribution in [3.63, 3.8) is 0 Å². The maximum Gasteiger partial charge on any atom is 0.416 e. The van der Waals surface area contributed by atoms with Crippen molar-refractivity contribution in [1.29, 1.82) is 0 Å². The van der Waals surface area contributed by atoms with Crippen molar-refractivity contribution in [2.45, 2.75) is 26.2 Å². The van der Waals surface area contributed by atoms with Crippen LogP contribution in [0.5, 0.6) is 0 Å². The molecule has 0 aliphatic heterocycles. The molecule has 6 heteroatoms. The molecule has 0 aliphatic carbocycles. The molecule has 0 aromatic carbocycles. The van der Waals surface area contributed by atoms with Crippen molar-refractivity contribution in [2.24, 2.45) is 17.6 Å². The van der Waals surface area contributed by atoms with E-state index in [1.54, 1.807) is 13.8 Å². The lowest BCUT2D eigenvalue weighted by atomic mass is 9.86. The summed E-state index contributed by atoms with van der Waals surface area (Å²) in [7, 11) is 0. The van der Waals surface area contributed by atoms with Crippen molar-refractivity contribution in [1.82, 2.24) is 4.98 Å². The molecule has 2 atom stereocenters. The Kier molecular flexibility index (Phi) is 4.67. The zero-order chi connectivity index (χ0) is 13.9. The van der Waals surface area contributed by atoms with E-state index < -0.39 is 29.4 Å². The van der Waals surface area contributed by atoms with Crippen LogP contribution in [0.15, 0.2) is 18.5 Å². The third-order valence-electron chi connectivity index (χ3n) is 2.96. The van der Waals surface area contributed by atoms with E-state index in [0.717, 1.165) is 18.5 Å². The second-order valence-electron chi connectivity index (χ2n) is 4.51. The van der Waals surface area contributed by atoms with Gasteiger partial charge in [0.25, 0.3) is 0 Å². The first kappa shape index (κ1) is 14.9. The normalized spacial score (nSPS) is 15.8. The Morgan fingerprint density at radius 1 is 1.33 bits per heavy atom. The van der Waals surface area contributed by atoms with Gasteiger partial charge in [-0.05, 0) is 18.5 Å². The van der Waals surface area contributed by atoms with Gasteiger partial charge in [-0.15, -0.1) is 0 Å². The standard InChI is InChI=1S/C12H16F4N2/c1-7(2)8(5-17)11(13)9-6-18-4-3-10(9)12(14,15)16/h3-4,6-8,11H,5,17H2,1-2H3. The van der Waals surface area contributed by atoms with Crippen LogP contribution in [0.25, 0.3) is 0 Å². The number of aromatic nitrogens is 1. The molecule has 0 fully saturated rings. The van der Waals surface area contributed by atoms with Gasteiger partial charge in [-0.3, -0.25) is 4.98 Å². The molecule has 18 heavy (non-hydrogen) atoms. The first-order chi connectivity index (χ1) is 8.29. The fourth-order valence-electron chi connectivity index (χ4n) is 1.84. The molecule has 0 aliphatic rings. The van der Waals surface area contributed by atoms with E-state index in [4.69, 9.17) is 5.73 Å². The zero-order valence-electron chi connectivity index (χ0n) is 10.2. The van der Waals surface area contributed by atoms with E-state index in [1.165, 1.54) is 0 Å². The molecule has 0 bridgehead atoms. The third-order valence-corrected chi connectivity index (χ3v) is 2.96. The van der Waals surface area contributed by atoms with E-state index in [2.05, 4.69) is 4.98 Å². The van der Waals surface area contributed by atoms with Gasteiger partial charge in [-0.1, -0.05) is 13.8 Å².